The van der Waals surface area contributed by atoms with Crippen molar-refractivity contribution in [2.75, 3.05) is 23.7 Å². The van der Waals surface area contributed by atoms with Gasteiger partial charge in [0.15, 0.2) is 5.65 Å². The van der Waals surface area contributed by atoms with Crippen molar-refractivity contribution >= 4 is 34.7 Å². The maximum atomic E-state index is 13.4. The van der Waals surface area contributed by atoms with E-state index in [-0.39, 0.29) is 24.4 Å². The van der Waals surface area contributed by atoms with E-state index in [0.717, 1.165) is 38.8 Å². The third-order valence-electron chi connectivity index (χ3n) is 6.97. The van der Waals surface area contributed by atoms with Crippen LogP contribution in [0.5, 0.6) is 0 Å². The number of hydrogen-bond acceptors (Lipinski definition) is 6. The zero-order valence-electron chi connectivity index (χ0n) is 18.1. The number of aromatic nitrogens is 4. The quantitative estimate of drug-likeness (QED) is 0.558. The predicted molar refractivity (Wildman–Crippen MR) is 118 cm³/mol. The number of nitrogens with one attached hydrogen (secondary N) is 3. The summed E-state index contributed by atoms with van der Waals surface area (Å²) in [5.74, 6) is -0.273. The van der Waals surface area contributed by atoms with E-state index in [1.165, 1.54) is 0 Å². The van der Waals surface area contributed by atoms with Crippen molar-refractivity contribution in [3.8, 4) is 0 Å². The van der Waals surface area contributed by atoms with E-state index in [2.05, 4.69) is 32.4 Å². The molecule has 2 saturated carbocycles. The molecule has 11 heteroatoms. The Kier molecular flexibility index (Phi) is 5.64. The maximum absolute atomic E-state index is 13.4. The van der Waals surface area contributed by atoms with E-state index >= 15 is 0 Å². The van der Waals surface area contributed by atoms with Crippen LogP contribution in [0.4, 0.5) is 25.1 Å². The molecule has 0 bridgehead atoms. The highest BCUT2D eigenvalue weighted by Crippen LogP contribution is 2.41. The largest absolute Gasteiger partial charge is 0.391 e. The highest BCUT2D eigenvalue weighted by atomic mass is 35.5. The molecule has 3 fully saturated rings. The molecule has 1 aliphatic heterocycles. The predicted octanol–water partition coefficient (Wildman–Crippen LogP) is 4.47. The molecule has 3 atom stereocenters. The van der Waals surface area contributed by atoms with Crippen LogP contribution in [0.15, 0.2) is 6.20 Å². The second kappa shape index (κ2) is 8.20. The lowest BCUT2D eigenvalue weighted by molar-refractivity contribution is -0.182. The lowest BCUT2D eigenvalue weighted by Gasteiger charge is -2.34. The highest BCUT2D eigenvalue weighted by Gasteiger charge is 2.45. The first-order valence-corrected chi connectivity index (χ1v) is 11.8. The average Bonchev–Trinajstić information content (AvgIpc) is 3.35. The Morgan fingerprint density at radius 2 is 1.91 bits per heavy atom. The van der Waals surface area contributed by atoms with Gasteiger partial charge in [-0.25, -0.2) is 9.97 Å². The fourth-order valence-corrected chi connectivity index (χ4v) is 5.29. The number of rotatable bonds is 5. The number of nitrogens with zero attached hydrogens (tertiary/aromatic N) is 4. The number of halogens is 4. The van der Waals surface area contributed by atoms with Crippen LogP contribution in [0.25, 0.3) is 11.2 Å². The van der Waals surface area contributed by atoms with Crippen molar-refractivity contribution in [2.45, 2.75) is 81.0 Å². The minimum absolute atomic E-state index is 0.00101. The van der Waals surface area contributed by atoms with Gasteiger partial charge < -0.3 is 16.0 Å². The highest BCUT2D eigenvalue weighted by molar-refractivity contribution is 6.20. The summed E-state index contributed by atoms with van der Waals surface area (Å²) in [5, 5.41) is 9.55. The summed E-state index contributed by atoms with van der Waals surface area (Å²) >= 11 is 6.23. The van der Waals surface area contributed by atoms with Crippen LogP contribution in [0.2, 0.25) is 0 Å². The minimum Gasteiger partial charge on any atom is -0.353 e. The molecule has 0 spiro atoms. The Bertz CT molecular complexity index is 968. The van der Waals surface area contributed by atoms with E-state index in [1.807, 2.05) is 0 Å². The van der Waals surface area contributed by atoms with Crippen molar-refractivity contribution in [2.24, 2.45) is 5.92 Å². The van der Waals surface area contributed by atoms with Gasteiger partial charge in [-0.15, -0.1) is 11.6 Å². The van der Waals surface area contributed by atoms with Gasteiger partial charge in [-0.3, -0.25) is 4.57 Å². The van der Waals surface area contributed by atoms with Crippen LogP contribution in [-0.4, -0.2) is 55.7 Å². The number of fused-ring (bicyclic) bond motifs is 1. The normalized spacial score (nSPS) is 28.6. The van der Waals surface area contributed by atoms with Gasteiger partial charge in [0, 0.05) is 23.0 Å². The van der Waals surface area contributed by atoms with Crippen molar-refractivity contribution in [1.29, 1.82) is 0 Å². The molecule has 32 heavy (non-hydrogen) atoms. The van der Waals surface area contributed by atoms with Crippen LogP contribution in [0.3, 0.4) is 0 Å². The summed E-state index contributed by atoms with van der Waals surface area (Å²) in [7, 11) is 0. The summed E-state index contributed by atoms with van der Waals surface area (Å²) in [4.78, 5) is 13.9. The summed E-state index contributed by atoms with van der Waals surface area (Å²) < 4.78 is 42.3. The first kappa shape index (κ1) is 22.0. The van der Waals surface area contributed by atoms with E-state index in [1.54, 1.807) is 6.20 Å². The smallest absolute Gasteiger partial charge is 0.353 e. The van der Waals surface area contributed by atoms with Crippen LogP contribution in [0.1, 0.15) is 57.9 Å². The lowest BCUT2D eigenvalue weighted by Crippen LogP contribution is -2.39. The van der Waals surface area contributed by atoms with Crippen LogP contribution in [0, 0.1) is 5.92 Å². The van der Waals surface area contributed by atoms with Gasteiger partial charge in [-0.05, 0) is 65.0 Å². The third-order valence-corrected chi connectivity index (χ3v) is 7.32. The zero-order chi connectivity index (χ0) is 22.5. The SMILES string of the molecule is CC1(Nc2ncc3nc(NC4CC(Cl)CC(C(F)(F)F)C4)n(C4CCNCC4)c3n2)CC1. The Balaban J connectivity index is 1.47. The molecule has 0 radical (unpaired) electrons. The third kappa shape index (κ3) is 4.62. The maximum Gasteiger partial charge on any atom is 0.391 e. The summed E-state index contributed by atoms with van der Waals surface area (Å²) in [6.45, 7) is 3.89. The summed E-state index contributed by atoms with van der Waals surface area (Å²) in [5.41, 5.74) is 1.40. The fraction of sp³-hybridized carbons (Fsp3) is 0.762. The first-order chi connectivity index (χ1) is 15.2. The fourth-order valence-electron chi connectivity index (χ4n) is 4.86. The topological polar surface area (TPSA) is 79.7 Å². The van der Waals surface area contributed by atoms with Crippen LogP contribution >= 0.6 is 11.6 Å². The van der Waals surface area contributed by atoms with E-state index in [9.17, 15) is 13.2 Å². The molecule has 3 unspecified atom stereocenters. The molecular formula is C21H29ClF3N7. The number of hydrogen-bond donors (Lipinski definition) is 3. The molecule has 2 aliphatic carbocycles. The Labute approximate surface area is 189 Å². The number of alkyl halides is 4. The summed E-state index contributed by atoms with van der Waals surface area (Å²) in [6, 6.07) is -0.233. The average molecular weight is 472 g/mol. The molecule has 3 aliphatic rings. The molecule has 3 N–H and O–H groups in total. The van der Waals surface area contributed by atoms with Crippen molar-refractivity contribution in [3.05, 3.63) is 6.20 Å². The monoisotopic (exact) mass is 471 g/mol. The number of imidazole rings is 1. The van der Waals surface area contributed by atoms with Crippen molar-refractivity contribution < 1.29 is 13.2 Å². The van der Waals surface area contributed by atoms with Gasteiger partial charge in [-0.2, -0.15) is 18.2 Å². The molecule has 176 valence electrons. The van der Waals surface area contributed by atoms with Crippen LogP contribution in [-0.2, 0) is 0 Å². The minimum atomic E-state index is -4.24. The molecule has 7 nitrogen and oxygen atoms in total. The van der Waals surface area contributed by atoms with Gasteiger partial charge in [0.1, 0.15) is 5.52 Å². The van der Waals surface area contributed by atoms with Gasteiger partial charge in [-0.1, -0.05) is 0 Å². The van der Waals surface area contributed by atoms with E-state index in [0.29, 0.717) is 29.5 Å². The van der Waals surface area contributed by atoms with Gasteiger partial charge in [0.2, 0.25) is 11.9 Å². The van der Waals surface area contributed by atoms with Crippen molar-refractivity contribution in [1.82, 2.24) is 24.8 Å². The molecule has 5 rings (SSSR count). The molecule has 3 heterocycles. The molecule has 2 aromatic rings. The first-order valence-electron chi connectivity index (χ1n) is 11.4. The number of anilines is 2. The second-order valence-corrected chi connectivity index (χ2v) is 10.4. The summed E-state index contributed by atoms with van der Waals surface area (Å²) in [6.07, 6.45) is 1.85. The van der Waals surface area contributed by atoms with E-state index in [4.69, 9.17) is 21.6 Å². The van der Waals surface area contributed by atoms with Gasteiger partial charge >= 0.3 is 6.18 Å². The Hall–Kier alpha value is -1.81. The Morgan fingerprint density at radius 3 is 2.59 bits per heavy atom. The Morgan fingerprint density at radius 1 is 1.16 bits per heavy atom. The number of piperidine rings is 1. The van der Waals surface area contributed by atoms with Gasteiger partial charge in [0.05, 0.1) is 12.1 Å². The molecule has 1 saturated heterocycles. The molecule has 0 aromatic carbocycles. The zero-order valence-corrected chi connectivity index (χ0v) is 18.8. The van der Waals surface area contributed by atoms with Crippen LogP contribution < -0.4 is 16.0 Å². The second-order valence-electron chi connectivity index (χ2n) is 9.76. The lowest BCUT2D eigenvalue weighted by atomic mass is 9.85. The molecule has 2 aromatic heterocycles. The van der Waals surface area contributed by atoms with Gasteiger partial charge in [0.25, 0.3) is 0 Å². The van der Waals surface area contributed by atoms with Crippen molar-refractivity contribution in [3.63, 3.8) is 0 Å². The standard InChI is InChI=1S/C21H29ClF3N7/c1-20(4-5-20)31-18-27-11-16-17(30-18)32(15-2-6-26-7-3-15)19(29-16)28-14-9-12(21(23,24)25)8-13(22)10-14/h11-15,26H,2-10H2,1H3,(H,28,29)(H,27,30,31). The molecular weight excluding hydrogens is 443 g/mol. The van der Waals surface area contributed by atoms with E-state index < -0.39 is 23.5 Å². The molecule has 0 amide bonds.